The summed E-state index contributed by atoms with van der Waals surface area (Å²) in [6.45, 7) is 1.02. The van der Waals surface area contributed by atoms with E-state index in [0.29, 0.717) is 4.96 Å². The summed E-state index contributed by atoms with van der Waals surface area (Å²) in [6, 6.07) is 0.274. The summed E-state index contributed by atoms with van der Waals surface area (Å²) in [6.07, 6.45) is 3.40. The van der Waals surface area contributed by atoms with Crippen molar-refractivity contribution in [2.45, 2.75) is 18.9 Å². The van der Waals surface area contributed by atoms with Gasteiger partial charge in [-0.05, 0) is 19.4 Å². The van der Waals surface area contributed by atoms with Gasteiger partial charge in [-0.1, -0.05) is 11.3 Å². The van der Waals surface area contributed by atoms with Crippen molar-refractivity contribution >= 4 is 16.3 Å². The van der Waals surface area contributed by atoms with Crippen molar-refractivity contribution in [3.63, 3.8) is 0 Å². The molecule has 0 bridgehead atoms. The second-order valence-electron chi connectivity index (χ2n) is 3.47. The molecule has 78 valence electrons. The van der Waals surface area contributed by atoms with Gasteiger partial charge in [-0.2, -0.15) is 14.7 Å². The van der Waals surface area contributed by atoms with Crippen LogP contribution in [0.5, 0.6) is 0 Å². The summed E-state index contributed by atoms with van der Waals surface area (Å²) in [7, 11) is 0. The van der Waals surface area contributed by atoms with Crippen LogP contribution in [0.2, 0.25) is 0 Å². The maximum atomic E-state index is 11.4. The molecule has 3 heterocycles. The van der Waals surface area contributed by atoms with Gasteiger partial charge in [0, 0.05) is 0 Å². The first-order valence-corrected chi connectivity index (χ1v) is 5.61. The molecule has 0 saturated carbocycles. The minimum Gasteiger partial charge on any atom is -0.308 e. The van der Waals surface area contributed by atoms with E-state index in [4.69, 9.17) is 0 Å². The Hall–Kier alpha value is -1.34. The molecule has 0 radical (unpaired) electrons. The minimum absolute atomic E-state index is 0.222. The number of aromatic nitrogens is 4. The Morgan fingerprint density at radius 1 is 1.60 bits per heavy atom. The molecular formula is C8H9N5OS. The fraction of sp³-hybridized carbons (Fsp3) is 0.500. The van der Waals surface area contributed by atoms with Gasteiger partial charge >= 0.3 is 0 Å². The highest BCUT2D eigenvalue weighted by atomic mass is 32.1. The van der Waals surface area contributed by atoms with Gasteiger partial charge in [-0.3, -0.25) is 4.79 Å². The lowest BCUT2D eigenvalue weighted by molar-refractivity contribution is 0.627. The van der Waals surface area contributed by atoms with Gasteiger partial charge < -0.3 is 5.32 Å². The minimum atomic E-state index is -0.222. The summed E-state index contributed by atoms with van der Waals surface area (Å²) in [4.78, 5) is 12.0. The molecule has 15 heavy (non-hydrogen) atoms. The van der Waals surface area contributed by atoms with Crippen LogP contribution in [0.15, 0.2) is 11.0 Å². The first-order chi connectivity index (χ1) is 7.34. The largest absolute Gasteiger partial charge is 0.308 e. The molecule has 1 unspecified atom stereocenters. The van der Waals surface area contributed by atoms with Crippen molar-refractivity contribution in [2.75, 3.05) is 6.54 Å². The van der Waals surface area contributed by atoms with Gasteiger partial charge in [0.25, 0.3) is 5.56 Å². The SMILES string of the molecule is O=c1cnnc2sc(C3CCCN3)nn12. The Morgan fingerprint density at radius 3 is 3.27 bits per heavy atom. The number of nitrogens with zero attached hydrogens (tertiary/aromatic N) is 4. The van der Waals surface area contributed by atoms with Crippen molar-refractivity contribution in [1.29, 1.82) is 0 Å². The summed E-state index contributed by atoms with van der Waals surface area (Å²) in [5.41, 5.74) is -0.222. The lowest BCUT2D eigenvalue weighted by atomic mass is 10.2. The summed E-state index contributed by atoms with van der Waals surface area (Å²) >= 11 is 1.42. The van der Waals surface area contributed by atoms with E-state index >= 15 is 0 Å². The van der Waals surface area contributed by atoms with E-state index in [1.165, 1.54) is 22.0 Å². The molecule has 1 aliphatic heterocycles. The van der Waals surface area contributed by atoms with Crippen molar-refractivity contribution in [1.82, 2.24) is 25.1 Å². The lowest BCUT2D eigenvalue weighted by Crippen LogP contribution is -2.16. The van der Waals surface area contributed by atoms with Gasteiger partial charge in [-0.25, -0.2) is 0 Å². The summed E-state index contributed by atoms with van der Waals surface area (Å²) in [5.74, 6) is 0. The molecule has 1 atom stereocenters. The average molecular weight is 223 g/mol. The van der Waals surface area contributed by atoms with Gasteiger partial charge in [0.1, 0.15) is 11.2 Å². The third-order valence-corrected chi connectivity index (χ3v) is 3.47. The zero-order valence-electron chi connectivity index (χ0n) is 7.88. The zero-order valence-corrected chi connectivity index (χ0v) is 8.70. The molecule has 1 aliphatic rings. The third-order valence-electron chi connectivity index (χ3n) is 2.45. The molecule has 0 aliphatic carbocycles. The van der Waals surface area contributed by atoms with E-state index in [1.807, 2.05) is 0 Å². The van der Waals surface area contributed by atoms with E-state index in [1.54, 1.807) is 0 Å². The van der Waals surface area contributed by atoms with E-state index in [0.717, 1.165) is 24.4 Å². The zero-order chi connectivity index (χ0) is 10.3. The van der Waals surface area contributed by atoms with Crippen LogP contribution in [0.4, 0.5) is 0 Å². The van der Waals surface area contributed by atoms with Crippen LogP contribution in [-0.4, -0.2) is 26.4 Å². The van der Waals surface area contributed by atoms with Crippen LogP contribution in [0.1, 0.15) is 23.9 Å². The number of hydrogen-bond donors (Lipinski definition) is 1. The smallest absolute Gasteiger partial charge is 0.293 e. The molecule has 7 heteroatoms. The molecular weight excluding hydrogens is 214 g/mol. The van der Waals surface area contributed by atoms with Gasteiger partial charge in [0.2, 0.25) is 4.96 Å². The summed E-state index contributed by atoms with van der Waals surface area (Å²) < 4.78 is 1.31. The predicted octanol–water partition coefficient (Wildman–Crippen LogP) is -0.0295. The van der Waals surface area contributed by atoms with Crippen molar-refractivity contribution in [3.05, 3.63) is 21.6 Å². The standard InChI is InChI=1S/C8H9N5OS/c14-6-4-10-11-8-13(6)12-7(15-8)5-2-1-3-9-5/h4-5,9H,1-3H2. The molecule has 0 aromatic carbocycles. The first kappa shape index (κ1) is 8.93. The Morgan fingerprint density at radius 2 is 2.53 bits per heavy atom. The van der Waals surface area contributed by atoms with Crippen molar-refractivity contribution in [3.8, 4) is 0 Å². The van der Waals surface area contributed by atoms with Crippen LogP contribution >= 0.6 is 11.3 Å². The second-order valence-corrected chi connectivity index (χ2v) is 4.45. The van der Waals surface area contributed by atoms with Crippen LogP contribution in [0.25, 0.3) is 4.96 Å². The maximum Gasteiger partial charge on any atom is 0.293 e. The molecule has 0 spiro atoms. The van der Waals surface area contributed by atoms with Crippen LogP contribution in [0, 0.1) is 0 Å². The second kappa shape index (κ2) is 3.35. The van der Waals surface area contributed by atoms with Crippen LogP contribution < -0.4 is 10.9 Å². The average Bonchev–Trinajstić information content (AvgIpc) is 2.86. The van der Waals surface area contributed by atoms with E-state index in [9.17, 15) is 4.79 Å². The molecule has 1 N–H and O–H groups in total. The molecule has 6 nitrogen and oxygen atoms in total. The topological polar surface area (TPSA) is 72.2 Å². The normalized spacial score (nSPS) is 21.2. The Balaban J connectivity index is 2.13. The molecule has 0 amide bonds. The van der Waals surface area contributed by atoms with E-state index in [2.05, 4.69) is 20.6 Å². The fourth-order valence-corrected chi connectivity index (χ4v) is 2.68. The van der Waals surface area contributed by atoms with Gasteiger partial charge in [0.05, 0.1) is 6.04 Å². The maximum absolute atomic E-state index is 11.4. The highest BCUT2D eigenvalue weighted by Crippen LogP contribution is 2.25. The summed E-state index contributed by atoms with van der Waals surface area (Å²) in [5, 5.41) is 16.0. The van der Waals surface area contributed by atoms with Gasteiger partial charge in [0.15, 0.2) is 0 Å². The first-order valence-electron chi connectivity index (χ1n) is 4.79. The number of rotatable bonds is 1. The predicted molar refractivity (Wildman–Crippen MR) is 54.9 cm³/mol. The molecule has 1 fully saturated rings. The third kappa shape index (κ3) is 1.44. The number of hydrogen-bond acceptors (Lipinski definition) is 6. The monoisotopic (exact) mass is 223 g/mol. The Kier molecular flexibility index (Phi) is 2.00. The Labute approximate surface area is 89.0 Å². The van der Waals surface area contributed by atoms with Gasteiger partial charge in [-0.15, -0.1) is 5.10 Å². The fourth-order valence-electron chi connectivity index (χ4n) is 1.72. The van der Waals surface area contributed by atoms with Crippen molar-refractivity contribution in [2.24, 2.45) is 0 Å². The number of nitrogens with one attached hydrogen (secondary N) is 1. The van der Waals surface area contributed by atoms with E-state index < -0.39 is 0 Å². The lowest BCUT2D eigenvalue weighted by Gasteiger charge is -2.02. The quantitative estimate of drug-likeness (QED) is 0.735. The van der Waals surface area contributed by atoms with Crippen LogP contribution in [-0.2, 0) is 0 Å². The molecule has 2 aromatic rings. The number of fused-ring (bicyclic) bond motifs is 1. The molecule has 2 aromatic heterocycles. The van der Waals surface area contributed by atoms with Crippen molar-refractivity contribution < 1.29 is 0 Å². The highest BCUT2D eigenvalue weighted by Gasteiger charge is 2.20. The molecule has 3 rings (SSSR count). The van der Waals surface area contributed by atoms with Crippen LogP contribution in [0.3, 0.4) is 0 Å². The molecule has 1 saturated heterocycles. The highest BCUT2D eigenvalue weighted by molar-refractivity contribution is 7.16. The Bertz CT molecular complexity index is 541. The van der Waals surface area contributed by atoms with E-state index in [-0.39, 0.29) is 11.6 Å².